The second kappa shape index (κ2) is 18.4. The van der Waals surface area contributed by atoms with Crippen LogP contribution in [0.25, 0.3) is 0 Å². The van der Waals surface area contributed by atoms with Gasteiger partial charge in [-0.05, 0) is 37.0 Å². The second-order valence-electron chi connectivity index (χ2n) is 6.64. The third-order valence-corrected chi connectivity index (χ3v) is 4.82. The first-order chi connectivity index (χ1) is 13.9. The molecule has 0 aliphatic heterocycles. The first-order valence-electron chi connectivity index (χ1n) is 10.2. The fourth-order valence-electron chi connectivity index (χ4n) is 2.42. The summed E-state index contributed by atoms with van der Waals surface area (Å²) in [5, 5.41) is 8.55. The highest BCUT2D eigenvalue weighted by Crippen LogP contribution is 2.15. The summed E-state index contributed by atoms with van der Waals surface area (Å²) in [4.78, 5) is 9.14. The van der Waals surface area contributed by atoms with Gasteiger partial charge in [0.25, 0.3) is 10.1 Å². The van der Waals surface area contributed by atoms with E-state index in [9.17, 15) is 8.42 Å². The van der Waals surface area contributed by atoms with Crippen LogP contribution < -0.4 is 4.89 Å². The van der Waals surface area contributed by atoms with E-state index in [-0.39, 0.29) is 5.75 Å². The summed E-state index contributed by atoms with van der Waals surface area (Å²) in [5.74, 6) is 0.453. The van der Waals surface area contributed by atoms with Crippen LogP contribution in [0.15, 0.2) is 37.1 Å². The van der Waals surface area contributed by atoms with Crippen molar-refractivity contribution < 1.29 is 32.8 Å². The van der Waals surface area contributed by atoms with Gasteiger partial charge in [0.15, 0.2) is 5.75 Å². The SMILES string of the molecule is C=COOOOc1ccc(CCCCCCCCC)cc1.CCCCS(=O)(=O)O. The first-order valence-corrected chi connectivity index (χ1v) is 11.9. The molecule has 0 heterocycles. The minimum Gasteiger partial charge on any atom is -0.314 e. The molecule has 0 aliphatic rings. The number of hydrogen-bond donors (Lipinski definition) is 1. The minimum absolute atomic E-state index is 0.108. The molecule has 7 nitrogen and oxygen atoms in total. The van der Waals surface area contributed by atoms with Crippen LogP contribution in [0.5, 0.6) is 5.75 Å². The van der Waals surface area contributed by atoms with Crippen LogP contribution in [0.1, 0.15) is 77.2 Å². The molecule has 0 fully saturated rings. The Labute approximate surface area is 175 Å². The van der Waals surface area contributed by atoms with Gasteiger partial charge in [0.05, 0.1) is 5.75 Å². The van der Waals surface area contributed by atoms with Crippen molar-refractivity contribution in [3.63, 3.8) is 0 Å². The maximum absolute atomic E-state index is 9.95. The van der Waals surface area contributed by atoms with Crippen LogP contribution in [0.3, 0.4) is 0 Å². The predicted octanol–water partition coefficient (Wildman–Crippen LogP) is 5.97. The summed E-state index contributed by atoms with van der Waals surface area (Å²) in [6.45, 7) is 7.40. The fraction of sp³-hybridized carbons (Fsp3) is 0.619. The Kier molecular flexibility index (Phi) is 17.4. The van der Waals surface area contributed by atoms with Crippen LogP contribution >= 0.6 is 0 Å². The highest BCUT2D eigenvalue weighted by molar-refractivity contribution is 7.85. The molecule has 0 saturated heterocycles. The van der Waals surface area contributed by atoms with Gasteiger partial charge in [0.2, 0.25) is 0 Å². The van der Waals surface area contributed by atoms with Crippen molar-refractivity contribution in [2.75, 3.05) is 5.75 Å². The van der Waals surface area contributed by atoms with E-state index in [0.29, 0.717) is 12.2 Å². The molecule has 0 unspecified atom stereocenters. The van der Waals surface area contributed by atoms with Gasteiger partial charge in [-0.1, -0.05) is 77.5 Å². The van der Waals surface area contributed by atoms with Crippen molar-refractivity contribution >= 4 is 10.1 Å². The molecular weight excluding hydrogens is 396 g/mol. The van der Waals surface area contributed by atoms with E-state index < -0.39 is 10.1 Å². The smallest absolute Gasteiger partial charge is 0.264 e. The highest BCUT2D eigenvalue weighted by atomic mass is 32.2. The maximum atomic E-state index is 9.95. The van der Waals surface area contributed by atoms with Crippen molar-refractivity contribution in [2.45, 2.75) is 78.1 Å². The van der Waals surface area contributed by atoms with Gasteiger partial charge in [-0.3, -0.25) is 4.55 Å². The van der Waals surface area contributed by atoms with E-state index in [2.05, 4.69) is 28.5 Å². The van der Waals surface area contributed by atoms with Crippen LogP contribution in [-0.2, 0) is 31.5 Å². The Hall–Kier alpha value is -1.61. The molecule has 0 aliphatic carbocycles. The third-order valence-electron chi connectivity index (χ3n) is 4.01. The second-order valence-corrected chi connectivity index (χ2v) is 8.21. The van der Waals surface area contributed by atoms with Crippen LogP contribution in [0.4, 0.5) is 0 Å². The molecule has 1 aromatic carbocycles. The maximum Gasteiger partial charge on any atom is 0.264 e. The van der Waals surface area contributed by atoms with E-state index >= 15 is 0 Å². The topological polar surface area (TPSA) is 91.3 Å². The number of unbranched alkanes of at least 4 members (excludes halogenated alkanes) is 7. The molecule has 0 amide bonds. The Balaban J connectivity index is 0.000000828. The summed E-state index contributed by atoms with van der Waals surface area (Å²) in [7, 11) is -3.69. The summed E-state index contributed by atoms with van der Waals surface area (Å²) >= 11 is 0. The van der Waals surface area contributed by atoms with Crippen LogP contribution in [0, 0.1) is 0 Å². The molecule has 0 radical (unpaired) electrons. The van der Waals surface area contributed by atoms with E-state index in [1.165, 1.54) is 50.5 Å². The quantitative estimate of drug-likeness (QED) is 0.113. The van der Waals surface area contributed by atoms with Gasteiger partial charge in [-0.2, -0.15) is 8.42 Å². The highest BCUT2D eigenvalue weighted by Gasteiger charge is 2.00. The van der Waals surface area contributed by atoms with Gasteiger partial charge in [-0.25, -0.2) is 0 Å². The Morgan fingerprint density at radius 2 is 1.48 bits per heavy atom. The molecule has 0 saturated carbocycles. The fourth-order valence-corrected chi connectivity index (χ4v) is 3.08. The summed E-state index contributed by atoms with van der Waals surface area (Å²) in [6, 6.07) is 7.75. The van der Waals surface area contributed by atoms with Gasteiger partial charge in [0, 0.05) is 10.1 Å². The minimum atomic E-state index is -3.69. The molecule has 0 aromatic heterocycles. The summed E-state index contributed by atoms with van der Waals surface area (Å²) in [5.41, 5.74) is 1.30. The number of benzene rings is 1. The molecule has 29 heavy (non-hydrogen) atoms. The standard InChI is InChI=1S/C17H26O4.C4H10O3S/c1-3-5-6-7-8-9-10-11-16-12-14-17(15-13-16)19-21-20-18-4-2;1-2-3-4-8(5,6)7/h4,12-15H,2-3,5-11H2,1H3;2-4H2,1H3,(H,5,6,7). The summed E-state index contributed by atoms with van der Waals surface area (Å²) in [6.07, 6.45) is 12.8. The normalized spacial score (nSPS) is 10.7. The number of aryl methyl sites for hydroxylation is 1. The lowest BCUT2D eigenvalue weighted by atomic mass is 10.0. The average molecular weight is 433 g/mol. The molecule has 1 rings (SSSR count). The number of rotatable bonds is 16. The van der Waals surface area contributed by atoms with Crippen LogP contribution in [-0.4, -0.2) is 18.7 Å². The Bertz CT molecular complexity index is 600. The van der Waals surface area contributed by atoms with Crippen molar-refractivity contribution in [3.8, 4) is 5.75 Å². The largest absolute Gasteiger partial charge is 0.314 e. The third kappa shape index (κ3) is 19.5. The van der Waals surface area contributed by atoms with Crippen molar-refractivity contribution in [2.24, 2.45) is 0 Å². The molecule has 168 valence electrons. The van der Waals surface area contributed by atoms with E-state index in [0.717, 1.165) is 19.1 Å². The molecule has 0 bridgehead atoms. The van der Waals surface area contributed by atoms with Crippen molar-refractivity contribution in [1.29, 1.82) is 0 Å². The van der Waals surface area contributed by atoms with E-state index in [1.54, 1.807) is 0 Å². The molecule has 0 spiro atoms. The zero-order valence-corrected chi connectivity index (χ0v) is 18.5. The number of hydrogen-bond acceptors (Lipinski definition) is 6. The van der Waals surface area contributed by atoms with E-state index in [1.807, 2.05) is 31.2 Å². The van der Waals surface area contributed by atoms with Crippen molar-refractivity contribution in [1.82, 2.24) is 0 Å². The monoisotopic (exact) mass is 432 g/mol. The first kappa shape index (κ1) is 27.4. The molecule has 8 heteroatoms. The van der Waals surface area contributed by atoms with Gasteiger partial charge < -0.3 is 9.78 Å². The molecule has 1 aromatic rings. The van der Waals surface area contributed by atoms with Crippen LogP contribution in [0.2, 0.25) is 0 Å². The Morgan fingerprint density at radius 3 is 2.00 bits per heavy atom. The molecular formula is C21H36O7S. The van der Waals surface area contributed by atoms with Gasteiger partial charge in [-0.15, -0.1) is 0 Å². The molecule has 1 N–H and O–H groups in total. The van der Waals surface area contributed by atoms with Crippen molar-refractivity contribution in [3.05, 3.63) is 42.7 Å². The van der Waals surface area contributed by atoms with E-state index in [4.69, 9.17) is 9.44 Å². The summed E-state index contributed by atoms with van der Waals surface area (Å²) < 4.78 is 28.0. The van der Waals surface area contributed by atoms with Gasteiger partial charge >= 0.3 is 0 Å². The molecule has 0 atom stereocenters. The average Bonchev–Trinajstić information content (AvgIpc) is 2.70. The zero-order valence-electron chi connectivity index (χ0n) is 17.7. The zero-order chi connectivity index (χ0) is 21.8. The lowest BCUT2D eigenvalue weighted by Crippen LogP contribution is -2.02. The van der Waals surface area contributed by atoms with Gasteiger partial charge in [0.1, 0.15) is 6.26 Å². The lowest BCUT2D eigenvalue weighted by Gasteiger charge is -2.04. The predicted molar refractivity (Wildman–Crippen MR) is 114 cm³/mol. The Morgan fingerprint density at radius 1 is 0.897 bits per heavy atom. The lowest BCUT2D eigenvalue weighted by molar-refractivity contribution is -0.592.